The second-order valence-electron chi connectivity index (χ2n) is 5.28. The third kappa shape index (κ3) is 3.36. The molecule has 1 aromatic carbocycles. The number of nitrogens with zero attached hydrogens (tertiary/aromatic N) is 4. The molecule has 2 aromatic rings. The Bertz CT molecular complexity index is 682. The molecule has 1 aliphatic rings. The predicted octanol–water partition coefficient (Wildman–Crippen LogP) is 0.978. The molecule has 0 saturated heterocycles. The van der Waals surface area contributed by atoms with Crippen LogP contribution in [0.2, 0.25) is 0 Å². The number of aryl methyl sites for hydroxylation is 2. The highest BCUT2D eigenvalue weighted by atomic mass is 16.5. The van der Waals surface area contributed by atoms with Crippen LogP contribution in [0.15, 0.2) is 24.5 Å². The second-order valence-corrected chi connectivity index (χ2v) is 5.28. The van der Waals surface area contributed by atoms with Crippen molar-refractivity contribution in [1.29, 1.82) is 0 Å². The molecule has 0 radical (unpaired) electrons. The zero-order valence-corrected chi connectivity index (χ0v) is 12.1. The Morgan fingerprint density at radius 1 is 1.18 bits per heavy atom. The fraction of sp³-hybridized carbons (Fsp3) is 0.400. The van der Waals surface area contributed by atoms with Gasteiger partial charge in [0, 0.05) is 5.56 Å². The normalized spacial score (nSPS) is 13.5. The van der Waals surface area contributed by atoms with Crippen LogP contribution in [0, 0.1) is 0 Å². The summed E-state index contributed by atoms with van der Waals surface area (Å²) in [6.07, 6.45) is 5.76. The van der Waals surface area contributed by atoms with Gasteiger partial charge in [0.25, 0.3) is 0 Å². The Morgan fingerprint density at radius 3 is 2.77 bits per heavy atom. The number of hydrogen-bond donors (Lipinski definition) is 0. The first kappa shape index (κ1) is 14.4. The third-order valence-corrected chi connectivity index (χ3v) is 3.72. The summed E-state index contributed by atoms with van der Waals surface area (Å²) in [7, 11) is 0. The number of carbonyl (C=O) groups is 2. The monoisotopic (exact) mass is 300 g/mol. The van der Waals surface area contributed by atoms with Crippen molar-refractivity contribution in [3.05, 3.63) is 41.2 Å². The maximum atomic E-state index is 12.1. The molecule has 3 rings (SSSR count). The van der Waals surface area contributed by atoms with Crippen molar-refractivity contribution in [2.24, 2.45) is 0 Å². The lowest BCUT2D eigenvalue weighted by molar-refractivity contribution is -0.143. The van der Waals surface area contributed by atoms with Crippen LogP contribution in [0.5, 0.6) is 0 Å². The Hall–Kier alpha value is -2.57. The molecule has 0 amide bonds. The lowest BCUT2D eigenvalue weighted by atomic mass is 9.90. The Kier molecular flexibility index (Phi) is 4.22. The van der Waals surface area contributed by atoms with Crippen LogP contribution in [0.4, 0.5) is 0 Å². The van der Waals surface area contributed by atoms with Crippen molar-refractivity contribution in [2.75, 3.05) is 6.61 Å². The first-order chi connectivity index (χ1) is 10.7. The van der Waals surface area contributed by atoms with E-state index in [1.807, 2.05) is 18.2 Å². The van der Waals surface area contributed by atoms with Gasteiger partial charge in [-0.1, -0.05) is 12.1 Å². The molecule has 1 heterocycles. The fourth-order valence-electron chi connectivity index (χ4n) is 2.57. The predicted molar refractivity (Wildman–Crippen MR) is 76.2 cm³/mol. The van der Waals surface area contributed by atoms with E-state index in [-0.39, 0.29) is 18.9 Å². The van der Waals surface area contributed by atoms with Crippen LogP contribution in [-0.2, 0) is 28.9 Å². The van der Waals surface area contributed by atoms with Gasteiger partial charge in [-0.25, -0.2) is 4.68 Å². The van der Waals surface area contributed by atoms with Gasteiger partial charge in [0.2, 0.25) is 0 Å². The number of aromatic nitrogens is 4. The summed E-state index contributed by atoms with van der Waals surface area (Å²) in [4.78, 5) is 23.7. The molecule has 1 aromatic heterocycles. The minimum atomic E-state index is -0.543. The van der Waals surface area contributed by atoms with Crippen LogP contribution < -0.4 is 0 Å². The first-order valence-corrected chi connectivity index (χ1v) is 7.24. The maximum absolute atomic E-state index is 12.1. The van der Waals surface area contributed by atoms with Gasteiger partial charge >= 0.3 is 5.97 Å². The van der Waals surface area contributed by atoms with Gasteiger partial charge in [-0.2, -0.15) is 0 Å². The highest BCUT2D eigenvalue weighted by molar-refractivity contribution is 5.98. The molecule has 0 aliphatic heterocycles. The molecule has 1 aliphatic carbocycles. The number of tetrazole rings is 1. The van der Waals surface area contributed by atoms with E-state index in [2.05, 4.69) is 15.5 Å². The molecular formula is C15H16N4O3. The molecule has 0 saturated carbocycles. The van der Waals surface area contributed by atoms with Crippen LogP contribution in [0.25, 0.3) is 0 Å². The van der Waals surface area contributed by atoms with Crippen molar-refractivity contribution in [3.8, 4) is 0 Å². The van der Waals surface area contributed by atoms with E-state index >= 15 is 0 Å². The number of ether oxygens (including phenoxy) is 1. The van der Waals surface area contributed by atoms with Crippen LogP contribution in [0.3, 0.4) is 0 Å². The van der Waals surface area contributed by atoms with E-state index in [1.165, 1.54) is 28.6 Å². The van der Waals surface area contributed by atoms with E-state index in [0.29, 0.717) is 5.56 Å². The van der Waals surface area contributed by atoms with E-state index in [0.717, 1.165) is 19.3 Å². The SMILES string of the molecule is O=C(Cn1cnnn1)OCC(=O)c1ccc2c(c1)CCCC2. The van der Waals surface area contributed by atoms with Gasteiger partial charge in [-0.15, -0.1) is 5.10 Å². The van der Waals surface area contributed by atoms with Crippen LogP contribution in [0.1, 0.15) is 34.3 Å². The molecular weight excluding hydrogens is 284 g/mol. The number of benzene rings is 1. The molecule has 0 fully saturated rings. The van der Waals surface area contributed by atoms with Crippen LogP contribution in [-0.4, -0.2) is 38.6 Å². The van der Waals surface area contributed by atoms with Gasteiger partial charge in [0.1, 0.15) is 12.9 Å². The lowest BCUT2D eigenvalue weighted by Crippen LogP contribution is -2.19. The summed E-state index contributed by atoms with van der Waals surface area (Å²) < 4.78 is 6.21. The molecule has 7 heteroatoms. The quantitative estimate of drug-likeness (QED) is 0.604. The molecule has 7 nitrogen and oxygen atoms in total. The Morgan fingerprint density at radius 2 is 2.00 bits per heavy atom. The van der Waals surface area contributed by atoms with Gasteiger partial charge in [0.15, 0.2) is 12.4 Å². The van der Waals surface area contributed by atoms with Crippen molar-refractivity contribution in [3.63, 3.8) is 0 Å². The summed E-state index contributed by atoms with van der Waals surface area (Å²) in [6.45, 7) is -0.371. The number of Topliss-reactive ketones (excluding diaryl/α,β-unsaturated/α-hetero) is 1. The molecule has 0 unspecified atom stereocenters. The largest absolute Gasteiger partial charge is 0.456 e. The van der Waals surface area contributed by atoms with Crippen LogP contribution >= 0.6 is 0 Å². The summed E-state index contributed by atoms with van der Waals surface area (Å²) in [5.74, 6) is -0.739. The molecule has 0 N–H and O–H groups in total. The number of ketones is 1. The topological polar surface area (TPSA) is 87.0 Å². The smallest absolute Gasteiger partial charge is 0.328 e. The highest BCUT2D eigenvalue weighted by Crippen LogP contribution is 2.22. The number of carbonyl (C=O) groups excluding carboxylic acids is 2. The summed E-state index contributed by atoms with van der Waals surface area (Å²) in [5.41, 5.74) is 3.14. The lowest BCUT2D eigenvalue weighted by Gasteiger charge is -2.16. The van der Waals surface area contributed by atoms with E-state index in [9.17, 15) is 9.59 Å². The Balaban J connectivity index is 1.56. The molecule has 0 spiro atoms. The van der Waals surface area contributed by atoms with E-state index < -0.39 is 5.97 Å². The summed E-state index contributed by atoms with van der Waals surface area (Å²) in [5, 5.41) is 10.4. The highest BCUT2D eigenvalue weighted by Gasteiger charge is 2.14. The summed E-state index contributed by atoms with van der Waals surface area (Å²) in [6, 6.07) is 5.73. The van der Waals surface area contributed by atoms with Gasteiger partial charge in [-0.05, 0) is 53.3 Å². The molecule has 0 bridgehead atoms. The van der Waals surface area contributed by atoms with E-state index in [4.69, 9.17) is 4.74 Å². The molecule has 0 atom stereocenters. The van der Waals surface area contributed by atoms with Crippen molar-refractivity contribution >= 4 is 11.8 Å². The van der Waals surface area contributed by atoms with Crippen molar-refractivity contribution < 1.29 is 14.3 Å². The van der Waals surface area contributed by atoms with Crippen molar-refractivity contribution in [1.82, 2.24) is 20.2 Å². The minimum absolute atomic E-state index is 0.107. The first-order valence-electron chi connectivity index (χ1n) is 7.24. The number of fused-ring (bicyclic) bond motifs is 1. The van der Waals surface area contributed by atoms with Gasteiger partial charge in [-0.3, -0.25) is 9.59 Å². The van der Waals surface area contributed by atoms with Gasteiger partial charge in [0.05, 0.1) is 0 Å². The fourth-order valence-corrected chi connectivity index (χ4v) is 2.57. The summed E-state index contributed by atoms with van der Waals surface area (Å²) >= 11 is 0. The Labute approximate surface area is 127 Å². The zero-order chi connectivity index (χ0) is 15.4. The minimum Gasteiger partial charge on any atom is -0.456 e. The third-order valence-electron chi connectivity index (χ3n) is 3.72. The maximum Gasteiger partial charge on any atom is 0.328 e. The molecule has 22 heavy (non-hydrogen) atoms. The second kappa shape index (κ2) is 6.46. The van der Waals surface area contributed by atoms with E-state index in [1.54, 1.807) is 0 Å². The van der Waals surface area contributed by atoms with Crippen molar-refractivity contribution in [2.45, 2.75) is 32.2 Å². The number of esters is 1. The van der Waals surface area contributed by atoms with Gasteiger partial charge < -0.3 is 4.74 Å². The molecule has 114 valence electrons. The standard InChI is InChI=1S/C15H16N4O3/c20-14(9-22-15(21)8-19-10-16-17-18-19)13-6-5-11-3-1-2-4-12(11)7-13/h5-7,10H,1-4,8-9H2. The zero-order valence-electron chi connectivity index (χ0n) is 12.1. The number of hydrogen-bond acceptors (Lipinski definition) is 6. The average molecular weight is 300 g/mol. The average Bonchev–Trinajstić information content (AvgIpc) is 3.05. The number of rotatable bonds is 5.